The highest BCUT2D eigenvalue weighted by Gasteiger charge is 2.17. The Morgan fingerprint density at radius 3 is 1.04 bits per heavy atom. The Kier molecular flexibility index (Phi) is 44.3. The Hall–Kier alpha value is -0.360. The average molecular weight is 689 g/mol. The fraction of sp³-hybridized carbons (Fsp3) is 0.950. The maximum atomic E-state index is 11.7. The predicted octanol–water partition coefficient (Wildman–Crippen LogP) is 14.1. The summed E-state index contributed by atoms with van der Waals surface area (Å²) < 4.78 is 0. The molecule has 0 aliphatic heterocycles. The quantitative estimate of drug-likeness (QED) is 0.0633. The lowest BCUT2D eigenvalue weighted by Crippen LogP contribution is -2.17. The molecular weight excluding hydrogens is 609 g/mol. The van der Waals surface area contributed by atoms with Crippen molar-refractivity contribution in [3.8, 4) is 0 Å². The molecule has 0 bridgehead atoms. The van der Waals surface area contributed by atoms with E-state index in [-0.39, 0.29) is 5.25 Å². The molecule has 0 aliphatic carbocycles. The van der Waals surface area contributed by atoms with E-state index in [2.05, 4.69) is 13.8 Å². The topological polar surface area (TPSA) is 74.6 Å². The number of rotatable bonds is 37. The summed E-state index contributed by atoms with van der Waals surface area (Å²) in [4.78, 5) is 21.3. The third-order valence-corrected chi connectivity index (χ3v) is 11.2. The number of carboxylic acids is 2. The summed E-state index contributed by atoms with van der Waals surface area (Å²) in [7, 11) is 0. The first-order valence-corrected chi connectivity index (χ1v) is 22.3. The monoisotopic (exact) mass is 689 g/mol. The zero-order chi connectivity index (χ0) is 34.2. The second-order valence-electron chi connectivity index (χ2n) is 13.4. The summed E-state index contributed by atoms with van der Waals surface area (Å²) in [6, 6.07) is 0. The lowest BCUT2D eigenvalue weighted by molar-refractivity contribution is -0.137. The molecule has 1 atom stereocenters. The lowest BCUT2D eigenvalue weighted by atomic mass is 10.0. The normalized spacial score (nSPS) is 11.7. The van der Waals surface area contributed by atoms with Crippen molar-refractivity contribution in [3.05, 3.63) is 0 Å². The molecule has 0 saturated carbocycles. The number of hydrogen-bond acceptors (Lipinski definition) is 4. The first kappa shape index (κ1) is 47.8. The molecule has 0 saturated heterocycles. The number of unbranched alkanes of at least 4 members (excludes halogenated alkanes) is 26. The standard InChI is InChI=1S/C36H72O2S2.C4H8O2/c1-3-5-7-9-11-13-15-17-19-21-23-25-27-29-32-39-34-31-35(36(37)38)40-33-30-28-26-24-22-20-18-16-14-12-10-8-6-4-2;1-2-3-4(5)6/h35H,3-34H2,1-2H3,(H,37,38);2-3H2,1H3,(H,5,6). The molecule has 0 amide bonds. The molecule has 276 valence electrons. The van der Waals surface area contributed by atoms with Crippen LogP contribution in [0.2, 0.25) is 0 Å². The van der Waals surface area contributed by atoms with Crippen LogP contribution in [0, 0.1) is 0 Å². The molecule has 0 spiro atoms. The van der Waals surface area contributed by atoms with E-state index >= 15 is 0 Å². The van der Waals surface area contributed by atoms with Crippen molar-refractivity contribution in [1.82, 2.24) is 0 Å². The van der Waals surface area contributed by atoms with E-state index in [0.29, 0.717) is 6.42 Å². The first-order chi connectivity index (χ1) is 22.5. The van der Waals surface area contributed by atoms with Crippen LogP contribution in [0.3, 0.4) is 0 Å². The van der Waals surface area contributed by atoms with Crippen LogP contribution in [0.4, 0.5) is 0 Å². The Balaban J connectivity index is 0. The predicted molar refractivity (Wildman–Crippen MR) is 209 cm³/mol. The summed E-state index contributed by atoms with van der Waals surface area (Å²) in [5, 5.41) is 17.3. The van der Waals surface area contributed by atoms with Crippen molar-refractivity contribution >= 4 is 35.5 Å². The van der Waals surface area contributed by atoms with Crippen LogP contribution in [0.5, 0.6) is 0 Å². The third-order valence-electron chi connectivity index (χ3n) is 8.72. The highest BCUT2D eigenvalue weighted by atomic mass is 32.2. The summed E-state index contributed by atoms with van der Waals surface area (Å²) in [6.07, 6.45) is 40.8. The highest BCUT2D eigenvalue weighted by molar-refractivity contribution is 8.01. The Morgan fingerprint density at radius 2 is 0.761 bits per heavy atom. The zero-order valence-electron chi connectivity index (χ0n) is 31.1. The SMILES string of the molecule is CCCC(=O)O.CCCCCCCCCCCCCCCCSCCC(SCCCCCCCCCCCCCCCC)C(=O)O. The fourth-order valence-corrected chi connectivity index (χ4v) is 7.95. The third kappa shape index (κ3) is 43.6. The molecule has 6 heteroatoms. The van der Waals surface area contributed by atoms with Gasteiger partial charge < -0.3 is 10.2 Å². The van der Waals surface area contributed by atoms with Gasteiger partial charge in [-0.3, -0.25) is 9.59 Å². The molecule has 0 fully saturated rings. The largest absolute Gasteiger partial charge is 0.481 e. The van der Waals surface area contributed by atoms with E-state index in [1.165, 1.54) is 186 Å². The molecule has 0 radical (unpaired) electrons. The number of hydrogen-bond donors (Lipinski definition) is 2. The van der Waals surface area contributed by atoms with Crippen molar-refractivity contribution in [1.29, 1.82) is 0 Å². The van der Waals surface area contributed by atoms with Crippen LogP contribution in [-0.2, 0) is 9.59 Å². The van der Waals surface area contributed by atoms with Gasteiger partial charge in [0.1, 0.15) is 5.25 Å². The Labute approximate surface area is 296 Å². The fourth-order valence-electron chi connectivity index (χ4n) is 5.71. The van der Waals surface area contributed by atoms with E-state index in [0.717, 1.165) is 24.3 Å². The van der Waals surface area contributed by atoms with Crippen molar-refractivity contribution in [2.24, 2.45) is 0 Å². The van der Waals surface area contributed by atoms with E-state index in [1.807, 2.05) is 18.7 Å². The number of thioether (sulfide) groups is 2. The van der Waals surface area contributed by atoms with Gasteiger partial charge in [-0.2, -0.15) is 11.8 Å². The molecule has 0 rings (SSSR count). The molecule has 2 N–H and O–H groups in total. The van der Waals surface area contributed by atoms with Gasteiger partial charge in [0.15, 0.2) is 0 Å². The molecule has 46 heavy (non-hydrogen) atoms. The van der Waals surface area contributed by atoms with Crippen molar-refractivity contribution in [2.75, 3.05) is 17.3 Å². The van der Waals surface area contributed by atoms with Crippen molar-refractivity contribution in [2.45, 2.75) is 225 Å². The van der Waals surface area contributed by atoms with Crippen LogP contribution in [0.1, 0.15) is 220 Å². The molecule has 0 aromatic heterocycles. The van der Waals surface area contributed by atoms with Crippen LogP contribution in [0.25, 0.3) is 0 Å². The maximum absolute atomic E-state index is 11.7. The molecule has 4 nitrogen and oxygen atoms in total. The summed E-state index contributed by atoms with van der Waals surface area (Å²) >= 11 is 3.66. The molecule has 0 heterocycles. The second-order valence-corrected chi connectivity index (χ2v) is 16.0. The van der Waals surface area contributed by atoms with Crippen LogP contribution in [0.15, 0.2) is 0 Å². The molecule has 0 aromatic rings. The lowest BCUT2D eigenvalue weighted by Gasteiger charge is -2.12. The Bertz CT molecular complexity index is 602. The summed E-state index contributed by atoms with van der Waals surface area (Å²) in [6.45, 7) is 6.42. The average Bonchev–Trinajstić information content (AvgIpc) is 3.03. The van der Waals surface area contributed by atoms with Crippen molar-refractivity contribution in [3.63, 3.8) is 0 Å². The van der Waals surface area contributed by atoms with Crippen molar-refractivity contribution < 1.29 is 19.8 Å². The maximum Gasteiger partial charge on any atom is 0.316 e. The van der Waals surface area contributed by atoms with Gasteiger partial charge in [0, 0.05) is 6.42 Å². The minimum absolute atomic E-state index is 0.203. The van der Waals surface area contributed by atoms with Gasteiger partial charge in [0.2, 0.25) is 0 Å². The van der Waals surface area contributed by atoms with E-state index in [4.69, 9.17) is 5.11 Å². The van der Waals surface area contributed by atoms with Gasteiger partial charge >= 0.3 is 11.9 Å². The van der Waals surface area contributed by atoms with Gasteiger partial charge in [-0.15, -0.1) is 11.8 Å². The smallest absolute Gasteiger partial charge is 0.316 e. The molecular formula is C40H80O4S2. The number of carbonyl (C=O) groups is 2. The summed E-state index contributed by atoms with van der Waals surface area (Å²) in [5.74, 6) is 1.90. The van der Waals surface area contributed by atoms with Gasteiger partial charge in [-0.25, -0.2) is 0 Å². The van der Waals surface area contributed by atoms with Crippen LogP contribution >= 0.6 is 23.5 Å². The molecule has 0 aromatic carbocycles. The highest BCUT2D eigenvalue weighted by Crippen LogP contribution is 2.21. The van der Waals surface area contributed by atoms with E-state index in [1.54, 1.807) is 11.8 Å². The van der Waals surface area contributed by atoms with E-state index < -0.39 is 11.9 Å². The minimum Gasteiger partial charge on any atom is -0.481 e. The second kappa shape index (κ2) is 42.7. The first-order valence-electron chi connectivity index (χ1n) is 20.1. The molecule has 1 unspecified atom stereocenters. The van der Waals surface area contributed by atoms with Gasteiger partial charge in [-0.05, 0) is 42.9 Å². The number of aliphatic carboxylic acids is 2. The van der Waals surface area contributed by atoms with Gasteiger partial charge in [-0.1, -0.05) is 188 Å². The molecule has 0 aliphatic rings. The van der Waals surface area contributed by atoms with Crippen LogP contribution < -0.4 is 0 Å². The van der Waals surface area contributed by atoms with Crippen LogP contribution in [-0.4, -0.2) is 44.7 Å². The van der Waals surface area contributed by atoms with Gasteiger partial charge in [0.25, 0.3) is 0 Å². The Morgan fingerprint density at radius 1 is 0.435 bits per heavy atom. The van der Waals surface area contributed by atoms with Gasteiger partial charge in [0.05, 0.1) is 0 Å². The zero-order valence-corrected chi connectivity index (χ0v) is 32.8. The van der Waals surface area contributed by atoms with E-state index in [9.17, 15) is 14.7 Å². The minimum atomic E-state index is -0.711. The number of carboxylic acid groups (broad SMARTS) is 2. The summed E-state index contributed by atoms with van der Waals surface area (Å²) in [5.41, 5.74) is 0.